The summed E-state index contributed by atoms with van der Waals surface area (Å²) in [6.45, 7) is 0.949. The van der Waals surface area contributed by atoms with Crippen LogP contribution in [0.3, 0.4) is 0 Å². The molecule has 0 bridgehead atoms. The van der Waals surface area contributed by atoms with E-state index >= 15 is 0 Å². The molecule has 0 atom stereocenters. The van der Waals surface area contributed by atoms with E-state index in [4.69, 9.17) is 4.55 Å². The molecule has 0 radical (unpaired) electrons. The van der Waals surface area contributed by atoms with Crippen LogP contribution in [0.15, 0.2) is 5.16 Å². The molecule has 0 saturated carbocycles. The molecule has 0 saturated heterocycles. The van der Waals surface area contributed by atoms with Crippen LogP contribution in [0.25, 0.3) is 0 Å². The summed E-state index contributed by atoms with van der Waals surface area (Å²) in [5.41, 5.74) is 0. The van der Waals surface area contributed by atoms with E-state index in [1.807, 2.05) is 0 Å². The zero-order valence-corrected chi connectivity index (χ0v) is 8.17. The molecular formula is C5H7F3N3NaO3S. The van der Waals surface area contributed by atoms with Crippen molar-refractivity contribution in [2.45, 2.75) is 24.8 Å². The van der Waals surface area contributed by atoms with Crippen LogP contribution in [-0.4, -0.2) is 57.3 Å². The number of halogens is 3. The molecule has 16 heavy (non-hydrogen) atoms. The number of nitrogens with zero attached hydrogens (tertiary/aromatic N) is 3. The van der Waals surface area contributed by atoms with Crippen LogP contribution in [0, 0.1) is 0 Å². The second kappa shape index (κ2) is 5.00. The Morgan fingerprint density at radius 2 is 1.88 bits per heavy atom. The maximum absolute atomic E-state index is 12.2. The first-order valence-corrected chi connectivity index (χ1v) is 5.09. The molecule has 6 nitrogen and oxygen atoms in total. The summed E-state index contributed by atoms with van der Waals surface area (Å²) in [5, 5.41) is 4.34. The zero-order chi connectivity index (χ0) is 11.9. The van der Waals surface area contributed by atoms with E-state index in [0.717, 1.165) is 0 Å². The molecule has 0 aliphatic heterocycles. The predicted octanol–water partition coefficient (Wildman–Crippen LogP) is -0.0850. The molecule has 0 spiro atoms. The summed E-state index contributed by atoms with van der Waals surface area (Å²) in [6, 6.07) is 0. The SMILES string of the molecule is CCn1c(C(F)(F)F)nnc1S(=O)(=O)O.[NaH]. The normalized spacial score (nSPS) is 12.3. The van der Waals surface area contributed by atoms with Gasteiger partial charge in [-0.2, -0.15) is 21.6 Å². The molecule has 1 aromatic rings. The number of aromatic nitrogens is 3. The first kappa shape index (κ1) is 15.8. The van der Waals surface area contributed by atoms with Crippen molar-refractivity contribution in [1.82, 2.24) is 14.8 Å². The molecule has 1 heterocycles. The van der Waals surface area contributed by atoms with E-state index in [9.17, 15) is 21.6 Å². The maximum atomic E-state index is 12.2. The number of alkyl halides is 3. The first-order chi connectivity index (χ1) is 6.68. The Labute approximate surface area is 111 Å². The van der Waals surface area contributed by atoms with Crippen LogP contribution >= 0.6 is 0 Å². The van der Waals surface area contributed by atoms with Crippen LogP contribution in [0.2, 0.25) is 0 Å². The van der Waals surface area contributed by atoms with Gasteiger partial charge in [-0.3, -0.25) is 9.12 Å². The molecule has 1 aromatic heterocycles. The van der Waals surface area contributed by atoms with Crippen LogP contribution < -0.4 is 0 Å². The topological polar surface area (TPSA) is 85.1 Å². The van der Waals surface area contributed by atoms with Crippen LogP contribution in [0.5, 0.6) is 0 Å². The Morgan fingerprint density at radius 3 is 2.19 bits per heavy atom. The molecule has 1 N–H and O–H groups in total. The van der Waals surface area contributed by atoms with Gasteiger partial charge in [-0.25, -0.2) is 0 Å². The zero-order valence-electron chi connectivity index (χ0n) is 7.35. The van der Waals surface area contributed by atoms with Crippen molar-refractivity contribution >= 4 is 39.7 Å². The van der Waals surface area contributed by atoms with E-state index in [1.54, 1.807) is 0 Å². The molecule has 88 valence electrons. The summed E-state index contributed by atoms with van der Waals surface area (Å²) >= 11 is 0. The van der Waals surface area contributed by atoms with Crippen LogP contribution in [0.1, 0.15) is 12.7 Å². The Balaban J connectivity index is 0.00000225. The van der Waals surface area contributed by atoms with Crippen molar-refractivity contribution in [2.24, 2.45) is 0 Å². The van der Waals surface area contributed by atoms with E-state index < -0.39 is 27.3 Å². The fourth-order valence-corrected chi connectivity index (χ4v) is 1.61. The number of hydrogen-bond acceptors (Lipinski definition) is 4. The van der Waals surface area contributed by atoms with Gasteiger partial charge in [0.25, 0.3) is 5.16 Å². The van der Waals surface area contributed by atoms with Crippen LogP contribution in [0.4, 0.5) is 13.2 Å². The van der Waals surface area contributed by atoms with Gasteiger partial charge in [-0.15, -0.1) is 10.2 Å². The third kappa shape index (κ3) is 3.17. The van der Waals surface area contributed by atoms with E-state index in [1.165, 1.54) is 6.92 Å². The van der Waals surface area contributed by atoms with Crippen molar-refractivity contribution in [1.29, 1.82) is 0 Å². The third-order valence-electron chi connectivity index (χ3n) is 1.52. The molecule has 0 aliphatic carbocycles. The molecule has 0 aromatic carbocycles. The van der Waals surface area contributed by atoms with Gasteiger partial charge in [-0.05, 0) is 6.92 Å². The van der Waals surface area contributed by atoms with Gasteiger partial charge < -0.3 is 0 Å². The van der Waals surface area contributed by atoms with Gasteiger partial charge in [0.15, 0.2) is 0 Å². The van der Waals surface area contributed by atoms with Gasteiger partial charge in [0, 0.05) is 6.54 Å². The summed E-state index contributed by atoms with van der Waals surface area (Å²) < 4.78 is 66.8. The molecule has 0 unspecified atom stereocenters. The van der Waals surface area contributed by atoms with Gasteiger partial charge in [-0.1, -0.05) is 0 Å². The second-order valence-corrected chi connectivity index (χ2v) is 3.84. The Kier molecular flexibility index (Phi) is 4.95. The van der Waals surface area contributed by atoms with Crippen molar-refractivity contribution < 1.29 is 26.1 Å². The average Bonchev–Trinajstić information content (AvgIpc) is 2.43. The summed E-state index contributed by atoms with van der Waals surface area (Å²) in [5.74, 6) is -1.46. The quantitative estimate of drug-likeness (QED) is 0.599. The second-order valence-electron chi connectivity index (χ2n) is 2.52. The van der Waals surface area contributed by atoms with Crippen molar-refractivity contribution in [3.8, 4) is 0 Å². The minimum atomic E-state index is -4.81. The Morgan fingerprint density at radius 1 is 1.38 bits per heavy atom. The van der Waals surface area contributed by atoms with Gasteiger partial charge in [0.1, 0.15) is 0 Å². The number of rotatable bonds is 2. The molecule has 0 aliphatic rings. The van der Waals surface area contributed by atoms with Crippen molar-refractivity contribution in [2.75, 3.05) is 0 Å². The predicted molar refractivity (Wildman–Crippen MR) is 47.7 cm³/mol. The average molecular weight is 269 g/mol. The monoisotopic (exact) mass is 269 g/mol. The molecule has 0 amide bonds. The summed E-state index contributed by atoms with van der Waals surface area (Å²) in [4.78, 5) is 0. The van der Waals surface area contributed by atoms with Crippen molar-refractivity contribution in [3.05, 3.63) is 5.82 Å². The fourth-order valence-electron chi connectivity index (χ4n) is 0.974. The number of hydrogen-bond donors (Lipinski definition) is 1. The van der Waals surface area contributed by atoms with E-state index in [2.05, 4.69) is 10.2 Å². The standard InChI is InChI=1S/C5H6F3N3O3S.Na.H/c1-2-11-3(5(6,7)8)9-10-4(11)15(12,13)14;;/h2H2,1H3,(H,12,13,14);;. The first-order valence-electron chi connectivity index (χ1n) is 3.65. The minimum absolute atomic E-state index is 0. The fraction of sp³-hybridized carbons (Fsp3) is 0.600. The van der Waals surface area contributed by atoms with Crippen LogP contribution in [-0.2, 0) is 22.8 Å². The van der Waals surface area contributed by atoms with Crippen molar-refractivity contribution in [3.63, 3.8) is 0 Å². The molecule has 1 rings (SSSR count). The summed E-state index contributed by atoms with van der Waals surface area (Å²) in [7, 11) is -4.80. The van der Waals surface area contributed by atoms with Gasteiger partial charge in [0.05, 0.1) is 0 Å². The molecule has 11 heteroatoms. The van der Waals surface area contributed by atoms with E-state index in [0.29, 0.717) is 0 Å². The Hall–Kier alpha value is -0.160. The van der Waals surface area contributed by atoms with Gasteiger partial charge >= 0.3 is 45.9 Å². The molecule has 0 fully saturated rings. The Bertz CT molecular complexity index is 469. The summed E-state index contributed by atoms with van der Waals surface area (Å²) in [6.07, 6.45) is -4.81. The van der Waals surface area contributed by atoms with E-state index in [-0.39, 0.29) is 40.7 Å². The third-order valence-corrected chi connectivity index (χ3v) is 2.28. The van der Waals surface area contributed by atoms with Gasteiger partial charge in [0.2, 0.25) is 5.82 Å². The molecular weight excluding hydrogens is 262 g/mol.